The van der Waals surface area contributed by atoms with E-state index in [2.05, 4.69) is 17.1 Å². The highest BCUT2D eigenvalue weighted by atomic mass is 19.1. The Morgan fingerprint density at radius 2 is 2.30 bits per heavy atom. The molecular formula is C16H25FN2O. The SMILES string of the molecule is CCNCc1ccc(F)c(CN2CCCC(OC)C2)c1. The molecule has 4 heteroatoms. The van der Waals surface area contributed by atoms with Crippen molar-refractivity contribution in [3.63, 3.8) is 0 Å². The average Bonchev–Trinajstić information content (AvgIpc) is 2.48. The van der Waals surface area contributed by atoms with E-state index in [1.54, 1.807) is 13.2 Å². The first-order valence-corrected chi connectivity index (χ1v) is 7.46. The highest BCUT2D eigenvalue weighted by Gasteiger charge is 2.20. The fourth-order valence-corrected chi connectivity index (χ4v) is 2.72. The lowest BCUT2D eigenvalue weighted by Gasteiger charge is -2.32. The number of nitrogens with zero attached hydrogens (tertiary/aromatic N) is 1. The minimum atomic E-state index is -0.107. The molecule has 3 nitrogen and oxygen atoms in total. The summed E-state index contributed by atoms with van der Waals surface area (Å²) in [6, 6.07) is 5.42. The lowest BCUT2D eigenvalue weighted by molar-refractivity contribution is 0.0282. The molecular weight excluding hydrogens is 255 g/mol. The lowest BCUT2D eigenvalue weighted by atomic mass is 10.1. The molecule has 0 spiro atoms. The highest BCUT2D eigenvalue weighted by molar-refractivity contribution is 5.25. The molecule has 1 aromatic rings. The Balaban J connectivity index is 2.00. The van der Waals surface area contributed by atoms with Crippen molar-refractivity contribution in [3.05, 3.63) is 35.1 Å². The van der Waals surface area contributed by atoms with Crippen molar-refractivity contribution in [3.8, 4) is 0 Å². The highest BCUT2D eigenvalue weighted by Crippen LogP contribution is 2.18. The first-order valence-electron chi connectivity index (χ1n) is 7.46. The van der Waals surface area contributed by atoms with E-state index in [1.165, 1.54) is 0 Å². The Hall–Kier alpha value is -0.970. The predicted molar refractivity (Wildman–Crippen MR) is 79.1 cm³/mol. The molecule has 1 N–H and O–H groups in total. The number of benzene rings is 1. The maximum Gasteiger partial charge on any atom is 0.127 e. The Morgan fingerprint density at radius 3 is 3.05 bits per heavy atom. The van der Waals surface area contributed by atoms with E-state index < -0.39 is 0 Å². The van der Waals surface area contributed by atoms with Crippen molar-refractivity contribution in [1.82, 2.24) is 10.2 Å². The third-order valence-electron chi connectivity index (χ3n) is 3.88. The molecule has 0 bridgehead atoms. The molecule has 1 unspecified atom stereocenters. The first-order chi connectivity index (χ1) is 9.72. The number of ether oxygens (including phenoxy) is 1. The van der Waals surface area contributed by atoms with Gasteiger partial charge in [0.05, 0.1) is 6.10 Å². The first kappa shape index (κ1) is 15.4. The number of methoxy groups -OCH3 is 1. The number of hydrogen-bond donors (Lipinski definition) is 1. The molecule has 112 valence electrons. The third-order valence-corrected chi connectivity index (χ3v) is 3.88. The Morgan fingerprint density at radius 1 is 1.45 bits per heavy atom. The number of piperidine rings is 1. The molecule has 0 radical (unpaired) electrons. The van der Waals surface area contributed by atoms with Gasteiger partial charge in [-0.2, -0.15) is 0 Å². The van der Waals surface area contributed by atoms with Crippen molar-refractivity contribution >= 4 is 0 Å². The summed E-state index contributed by atoms with van der Waals surface area (Å²) in [5.74, 6) is -0.107. The van der Waals surface area contributed by atoms with Gasteiger partial charge in [-0.15, -0.1) is 0 Å². The van der Waals surface area contributed by atoms with Crippen LogP contribution < -0.4 is 5.32 Å². The van der Waals surface area contributed by atoms with E-state index in [-0.39, 0.29) is 11.9 Å². The number of rotatable bonds is 6. The van der Waals surface area contributed by atoms with E-state index in [9.17, 15) is 4.39 Å². The van der Waals surface area contributed by atoms with Gasteiger partial charge in [-0.1, -0.05) is 19.1 Å². The molecule has 1 aliphatic heterocycles. The van der Waals surface area contributed by atoms with Crippen LogP contribution in [0.3, 0.4) is 0 Å². The van der Waals surface area contributed by atoms with Gasteiger partial charge in [0, 0.05) is 32.3 Å². The number of likely N-dealkylation sites (tertiary alicyclic amines) is 1. The summed E-state index contributed by atoms with van der Waals surface area (Å²) in [5, 5.41) is 3.27. The van der Waals surface area contributed by atoms with Gasteiger partial charge in [0.15, 0.2) is 0 Å². The molecule has 1 fully saturated rings. The van der Waals surface area contributed by atoms with Gasteiger partial charge in [-0.3, -0.25) is 4.90 Å². The van der Waals surface area contributed by atoms with E-state index in [0.717, 1.165) is 50.1 Å². The zero-order chi connectivity index (χ0) is 14.4. The summed E-state index contributed by atoms with van der Waals surface area (Å²) < 4.78 is 19.4. The van der Waals surface area contributed by atoms with Crippen molar-refractivity contribution in [2.45, 2.75) is 39.0 Å². The number of halogens is 1. The van der Waals surface area contributed by atoms with Crippen LogP contribution in [-0.4, -0.2) is 37.7 Å². The lowest BCUT2D eigenvalue weighted by Crippen LogP contribution is -2.38. The molecule has 1 aromatic carbocycles. The van der Waals surface area contributed by atoms with E-state index in [0.29, 0.717) is 6.54 Å². The van der Waals surface area contributed by atoms with Crippen LogP contribution in [-0.2, 0) is 17.8 Å². The quantitative estimate of drug-likeness (QED) is 0.866. The van der Waals surface area contributed by atoms with Gasteiger partial charge in [0.2, 0.25) is 0 Å². The summed E-state index contributed by atoms with van der Waals surface area (Å²) in [7, 11) is 1.76. The Kier molecular flexibility index (Phi) is 5.95. The van der Waals surface area contributed by atoms with Crippen molar-refractivity contribution in [2.75, 3.05) is 26.7 Å². The molecule has 20 heavy (non-hydrogen) atoms. The molecule has 0 aliphatic carbocycles. The van der Waals surface area contributed by atoms with Crippen molar-refractivity contribution < 1.29 is 9.13 Å². The van der Waals surface area contributed by atoms with Gasteiger partial charge >= 0.3 is 0 Å². The summed E-state index contributed by atoms with van der Waals surface area (Å²) in [5.41, 5.74) is 1.93. The van der Waals surface area contributed by atoms with Gasteiger partial charge in [-0.25, -0.2) is 4.39 Å². The fraction of sp³-hybridized carbons (Fsp3) is 0.625. The van der Waals surface area contributed by atoms with Crippen molar-refractivity contribution in [2.24, 2.45) is 0 Å². The van der Waals surface area contributed by atoms with Crippen LogP contribution in [0.2, 0.25) is 0 Å². The third kappa shape index (κ3) is 4.27. The van der Waals surface area contributed by atoms with E-state index in [1.807, 2.05) is 12.1 Å². The standard InChI is InChI=1S/C16H25FN2O/c1-3-18-10-13-6-7-16(17)14(9-13)11-19-8-4-5-15(12-19)20-2/h6-7,9,15,18H,3-5,8,10-12H2,1-2H3. The zero-order valence-corrected chi connectivity index (χ0v) is 12.5. The van der Waals surface area contributed by atoms with E-state index >= 15 is 0 Å². The van der Waals surface area contributed by atoms with Crippen LogP contribution in [0.1, 0.15) is 30.9 Å². The molecule has 2 rings (SSSR count). The van der Waals surface area contributed by atoms with Crippen LogP contribution in [0.4, 0.5) is 4.39 Å². The van der Waals surface area contributed by atoms with Crippen molar-refractivity contribution in [1.29, 1.82) is 0 Å². The Labute approximate surface area is 121 Å². The van der Waals surface area contributed by atoms with Gasteiger partial charge in [-0.05, 0) is 37.6 Å². The molecule has 1 aliphatic rings. The van der Waals surface area contributed by atoms with Crippen LogP contribution in [0, 0.1) is 5.82 Å². The zero-order valence-electron chi connectivity index (χ0n) is 12.5. The monoisotopic (exact) mass is 280 g/mol. The molecule has 0 amide bonds. The summed E-state index contributed by atoms with van der Waals surface area (Å²) in [4.78, 5) is 2.28. The second-order valence-corrected chi connectivity index (χ2v) is 5.44. The molecule has 1 saturated heterocycles. The largest absolute Gasteiger partial charge is 0.380 e. The van der Waals surface area contributed by atoms with Crippen LogP contribution in [0.15, 0.2) is 18.2 Å². The van der Waals surface area contributed by atoms with Gasteiger partial charge in [0.25, 0.3) is 0 Å². The molecule has 1 atom stereocenters. The molecule has 0 aromatic heterocycles. The number of nitrogens with one attached hydrogen (secondary N) is 1. The smallest absolute Gasteiger partial charge is 0.127 e. The molecule has 1 heterocycles. The molecule has 0 saturated carbocycles. The summed E-state index contributed by atoms with van der Waals surface area (Å²) >= 11 is 0. The van der Waals surface area contributed by atoms with Crippen LogP contribution >= 0.6 is 0 Å². The normalized spacial score (nSPS) is 20.2. The maximum absolute atomic E-state index is 13.9. The van der Waals surface area contributed by atoms with Crippen LogP contribution in [0.25, 0.3) is 0 Å². The fourth-order valence-electron chi connectivity index (χ4n) is 2.72. The Bertz CT molecular complexity index is 425. The summed E-state index contributed by atoms with van der Waals surface area (Å²) in [6.45, 7) is 6.39. The predicted octanol–water partition coefficient (Wildman–Crippen LogP) is 2.55. The average molecular weight is 280 g/mol. The maximum atomic E-state index is 13.9. The van der Waals surface area contributed by atoms with Gasteiger partial charge in [0.1, 0.15) is 5.82 Å². The van der Waals surface area contributed by atoms with E-state index in [4.69, 9.17) is 4.74 Å². The van der Waals surface area contributed by atoms with Crippen LogP contribution in [0.5, 0.6) is 0 Å². The second-order valence-electron chi connectivity index (χ2n) is 5.44. The summed E-state index contributed by atoms with van der Waals surface area (Å²) in [6.07, 6.45) is 2.52. The topological polar surface area (TPSA) is 24.5 Å². The minimum Gasteiger partial charge on any atom is -0.380 e. The second kappa shape index (κ2) is 7.72. The number of hydrogen-bond acceptors (Lipinski definition) is 3. The van der Waals surface area contributed by atoms with Gasteiger partial charge < -0.3 is 10.1 Å². The minimum absolute atomic E-state index is 0.107.